The molecule has 1 aromatic carbocycles. The average molecular weight is 257 g/mol. The van der Waals surface area contributed by atoms with E-state index in [1.807, 2.05) is 35.2 Å². The Morgan fingerprint density at radius 1 is 1.21 bits per heavy atom. The number of aromatic nitrogens is 1. The normalized spacial score (nSPS) is 15.5. The molecule has 2 aromatic rings. The molecule has 1 aliphatic heterocycles. The van der Waals surface area contributed by atoms with E-state index in [1.54, 1.807) is 0 Å². The van der Waals surface area contributed by atoms with Gasteiger partial charge in [0, 0.05) is 31.7 Å². The molecule has 1 aliphatic rings. The Morgan fingerprint density at radius 2 is 1.95 bits per heavy atom. The maximum absolute atomic E-state index is 12.5. The number of carbonyl (C=O) groups is 1. The van der Waals surface area contributed by atoms with E-state index >= 15 is 0 Å². The monoisotopic (exact) mass is 257 g/mol. The van der Waals surface area contributed by atoms with Gasteiger partial charge >= 0.3 is 0 Å². The van der Waals surface area contributed by atoms with Gasteiger partial charge in [-0.2, -0.15) is 0 Å². The Balaban J connectivity index is 1.89. The second-order valence-corrected chi connectivity index (χ2v) is 4.49. The van der Waals surface area contributed by atoms with E-state index in [0.717, 1.165) is 31.7 Å². The predicted molar refractivity (Wildman–Crippen MR) is 70.7 cm³/mol. The second kappa shape index (κ2) is 5.24. The van der Waals surface area contributed by atoms with Gasteiger partial charge in [-0.05, 0) is 0 Å². The molecule has 1 saturated heterocycles. The van der Waals surface area contributed by atoms with Crippen LogP contribution in [0.5, 0.6) is 0 Å². The highest BCUT2D eigenvalue weighted by Gasteiger charge is 2.23. The van der Waals surface area contributed by atoms with Gasteiger partial charge in [-0.1, -0.05) is 35.5 Å². The summed E-state index contributed by atoms with van der Waals surface area (Å²) >= 11 is 0. The highest BCUT2D eigenvalue weighted by molar-refractivity contribution is 5.99. The number of nitrogens with one attached hydrogen (secondary N) is 1. The third kappa shape index (κ3) is 2.37. The van der Waals surface area contributed by atoms with E-state index in [4.69, 9.17) is 4.52 Å². The van der Waals surface area contributed by atoms with Crippen LogP contribution in [-0.2, 0) is 0 Å². The lowest BCUT2D eigenvalue weighted by Gasteiger charge is -2.27. The van der Waals surface area contributed by atoms with E-state index in [0.29, 0.717) is 11.3 Å². The molecule has 2 heterocycles. The lowest BCUT2D eigenvalue weighted by Crippen LogP contribution is -2.46. The van der Waals surface area contributed by atoms with E-state index in [2.05, 4.69) is 10.5 Å². The second-order valence-electron chi connectivity index (χ2n) is 4.49. The summed E-state index contributed by atoms with van der Waals surface area (Å²) < 4.78 is 5.00. The summed E-state index contributed by atoms with van der Waals surface area (Å²) in [7, 11) is 0. The number of amides is 1. The minimum absolute atomic E-state index is 0.0124. The largest absolute Gasteiger partial charge is 0.363 e. The van der Waals surface area contributed by atoms with Gasteiger partial charge in [0.25, 0.3) is 5.91 Å². The molecule has 1 N–H and O–H groups in total. The first-order valence-electron chi connectivity index (χ1n) is 6.36. The maximum atomic E-state index is 12.5. The zero-order chi connectivity index (χ0) is 13.1. The van der Waals surface area contributed by atoms with E-state index < -0.39 is 0 Å². The van der Waals surface area contributed by atoms with Crippen molar-refractivity contribution in [2.24, 2.45) is 0 Å². The highest BCUT2D eigenvalue weighted by atomic mass is 16.5. The van der Waals surface area contributed by atoms with E-state index in [9.17, 15) is 4.79 Å². The van der Waals surface area contributed by atoms with Crippen LogP contribution in [0.3, 0.4) is 0 Å². The summed E-state index contributed by atoms with van der Waals surface area (Å²) in [6, 6.07) is 9.62. The Bertz CT molecular complexity index is 559. The molecule has 0 atom stereocenters. The van der Waals surface area contributed by atoms with Gasteiger partial charge in [-0.15, -0.1) is 0 Å². The molecular formula is C14H15N3O2. The van der Waals surface area contributed by atoms with Crippen molar-refractivity contribution in [2.75, 3.05) is 26.2 Å². The SMILES string of the molecule is O=C(c1conc1-c1ccccc1)N1CCNCC1. The molecule has 19 heavy (non-hydrogen) atoms. The van der Waals surface area contributed by atoms with Crippen LogP contribution in [0.15, 0.2) is 41.1 Å². The van der Waals surface area contributed by atoms with Crippen LogP contribution in [0.4, 0.5) is 0 Å². The Morgan fingerprint density at radius 3 is 2.68 bits per heavy atom. The van der Waals surface area contributed by atoms with E-state index in [1.165, 1.54) is 6.26 Å². The molecule has 0 radical (unpaired) electrons. The number of hydrogen-bond acceptors (Lipinski definition) is 4. The van der Waals surface area contributed by atoms with Crippen molar-refractivity contribution >= 4 is 5.91 Å². The fraction of sp³-hybridized carbons (Fsp3) is 0.286. The van der Waals surface area contributed by atoms with Crippen molar-refractivity contribution in [1.82, 2.24) is 15.4 Å². The van der Waals surface area contributed by atoms with Gasteiger partial charge in [-0.25, -0.2) is 0 Å². The first-order valence-corrected chi connectivity index (χ1v) is 6.36. The van der Waals surface area contributed by atoms with Crippen molar-refractivity contribution in [3.8, 4) is 11.3 Å². The summed E-state index contributed by atoms with van der Waals surface area (Å²) in [5.74, 6) is -0.0124. The van der Waals surface area contributed by atoms with Gasteiger partial charge in [-0.3, -0.25) is 4.79 Å². The smallest absolute Gasteiger partial charge is 0.259 e. The number of nitrogens with zero attached hydrogens (tertiary/aromatic N) is 2. The van der Waals surface area contributed by atoms with Crippen molar-refractivity contribution in [3.63, 3.8) is 0 Å². The molecular weight excluding hydrogens is 242 g/mol. The number of carbonyl (C=O) groups excluding carboxylic acids is 1. The van der Waals surface area contributed by atoms with Crippen LogP contribution in [-0.4, -0.2) is 42.1 Å². The standard InChI is InChI=1S/C14H15N3O2/c18-14(17-8-6-15-7-9-17)12-10-19-16-13(12)11-4-2-1-3-5-11/h1-5,10,15H,6-9H2. The Kier molecular flexibility index (Phi) is 3.29. The molecule has 1 amide bonds. The van der Waals surface area contributed by atoms with Crippen LogP contribution in [0, 0.1) is 0 Å². The van der Waals surface area contributed by atoms with Crippen molar-refractivity contribution < 1.29 is 9.32 Å². The minimum Gasteiger partial charge on any atom is -0.363 e. The average Bonchev–Trinajstić information content (AvgIpc) is 2.98. The zero-order valence-electron chi connectivity index (χ0n) is 10.5. The summed E-state index contributed by atoms with van der Waals surface area (Å²) in [5, 5.41) is 7.19. The third-order valence-electron chi connectivity index (χ3n) is 3.25. The molecule has 1 aromatic heterocycles. The summed E-state index contributed by atoms with van der Waals surface area (Å²) in [5.41, 5.74) is 2.05. The highest BCUT2D eigenvalue weighted by Crippen LogP contribution is 2.23. The number of hydrogen-bond donors (Lipinski definition) is 1. The van der Waals surface area contributed by atoms with Crippen molar-refractivity contribution in [3.05, 3.63) is 42.2 Å². The molecule has 0 aliphatic carbocycles. The quantitative estimate of drug-likeness (QED) is 0.883. The maximum Gasteiger partial charge on any atom is 0.259 e. The lowest BCUT2D eigenvalue weighted by molar-refractivity contribution is 0.0736. The van der Waals surface area contributed by atoms with Crippen LogP contribution in [0.2, 0.25) is 0 Å². The first-order chi connectivity index (χ1) is 9.36. The fourth-order valence-corrected chi connectivity index (χ4v) is 2.23. The molecule has 0 bridgehead atoms. The molecule has 5 heteroatoms. The predicted octanol–water partition coefficient (Wildman–Crippen LogP) is 1.39. The van der Waals surface area contributed by atoms with Crippen LogP contribution in [0.1, 0.15) is 10.4 Å². The fourth-order valence-electron chi connectivity index (χ4n) is 2.23. The van der Waals surface area contributed by atoms with Gasteiger partial charge < -0.3 is 14.7 Å². The third-order valence-corrected chi connectivity index (χ3v) is 3.25. The summed E-state index contributed by atoms with van der Waals surface area (Å²) in [6.45, 7) is 3.10. The summed E-state index contributed by atoms with van der Waals surface area (Å²) in [4.78, 5) is 14.3. The van der Waals surface area contributed by atoms with Gasteiger partial charge in [0.2, 0.25) is 0 Å². The van der Waals surface area contributed by atoms with Crippen LogP contribution in [0.25, 0.3) is 11.3 Å². The number of benzene rings is 1. The van der Waals surface area contributed by atoms with Crippen molar-refractivity contribution in [1.29, 1.82) is 0 Å². The Hall–Kier alpha value is -2.14. The van der Waals surface area contributed by atoms with E-state index in [-0.39, 0.29) is 5.91 Å². The molecule has 98 valence electrons. The Labute approximate surface area is 111 Å². The van der Waals surface area contributed by atoms with Crippen LogP contribution >= 0.6 is 0 Å². The van der Waals surface area contributed by atoms with Gasteiger partial charge in [0.05, 0.1) is 0 Å². The molecule has 0 saturated carbocycles. The zero-order valence-corrected chi connectivity index (χ0v) is 10.5. The summed E-state index contributed by atoms with van der Waals surface area (Å²) in [6.07, 6.45) is 1.44. The van der Waals surface area contributed by atoms with Crippen LogP contribution < -0.4 is 5.32 Å². The lowest BCUT2D eigenvalue weighted by atomic mass is 10.1. The minimum atomic E-state index is -0.0124. The molecule has 0 unspecified atom stereocenters. The first kappa shape index (κ1) is 11.9. The number of piperazine rings is 1. The van der Waals surface area contributed by atoms with Gasteiger partial charge in [0.1, 0.15) is 17.5 Å². The number of rotatable bonds is 2. The molecule has 5 nitrogen and oxygen atoms in total. The van der Waals surface area contributed by atoms with Crippen molar-refractivity contribution in [2.45, 2.75) is 0 Å². The topological polar surface area (TPSA) is 58.4 Å². The van der Waals surface area contributed by atoms with Gasteiger partial charge in [0.15, 0.2) is 0 Å². The molecule has 0 spiro atoms. The molecule has 3 rings (SSSR count). The molecule has 1 fully saturated rings.